The summed E-state index contributed by atoms with van der Waals surface area (Å²) < 4.78 is 5.21. The zero-order valence-electron chi connectivity index (χ0n) is 22.3. The largest absolute Gasteiger partial charge is 0.497 e. The second-order valence-corrected chi connectivity index (χ2v) is 9.37. The van der Waals surface area contributed by atoms with E-state index in [1.54, 1.807) is 19.2 Å². The van der Waals surface area contributed by atoms with Gasteiger partial charge in [0, 0.05) is 18.5 Å². The van der Waals surface area contributed by atoms with Crippen molar-refractivity contribution in [1.82, 2.24) is 10.6 Å². The highest BCUT2D eigenvalue weighted by Crippen LogP contribution is 2.23. The molecule has 7 nitrogen and oxygen atoms in total. The van der Waals surface area contributed by atoms with Crippen molar-refractivity contribution < 1.29 is 24.2 Å². The predicted molar refractivity (Wildman–Crippen MR) is 155 cm³/mol. The van der Waals surface area contributed by atoms with Crippen molar-refractivity contribution in [2.45, 2.75) is 25.3 Å². The van der Waals surface area contributed by atoms with Gasteiger partial charge in [0.05, 0.1) is 7.11 Å². The maximum Gasteiger partial charge on any atom is 0.303 e. The number of benzene rings is 4. The average Bonchev–Trinajstić information content (AvgIpc) is 3.00. The van der Waals surface area contributed by atoms with E-state index in [0.29, 0.717) is 18.5 Å². The number of rotatable bonds is 12. The molecule has 3 N–H and O–H groups in total. The third-order valence-electron chi connectivity index (χ3n) is 6.61. The van der Waals surface area contributed by atoms with Crippen molar-refractivity contribution in [3.8, 4) is 28.0 Å². The molecule has 0 saturated carbocycles. The van der Waals surface area contributed by atoms with E-state index in [0.717, 1.165) is 33.6 Å². The van der Waals surface area contributed by atoms with Crippen molar-refractivity contribution in [2.24, 2.45) is 0 Å². The van der Waals surface area contributed by atoms with Gasteiger partial charge >= 0.3 is 5.97 Å². The molecule has 7 heteroatoms. The van der Waals surface area contributed by atoms with Crippen molar-refractivity contribution in [2.75, 3.05) is 13.7 Å². The Bertz CT molecular complexity index is 1420. The second kappa shape index (κ2) is 13.8. The Morgan fingerprint density at radius 3 is 1.88 bits per heavy atom. The normalized spacial score (nSPS) is 11.3. The first-order valence-electron chi connectivity index (χ1n) is 13.1. The molecule has 0 aliphatic rings. The van der Waals surface area contributed by atoms with Gasteiger partial charge in [-0.3, -0.25) is 14.4 Å². The van der Waals surface area contributed by atoms with Crippen LogP contribution >= 0.6 is 0 Å². The van der Waals surface area contributed by atoms with Crippen LogP contribution < -0.4 is 15.4 Å². The minimum Gasteiger partial charge on any atom is -0.497 e. The van der Waals surface area contributed by atoms with Gasteiger partial charge in [0.25, 0.3) is 5.91 Å². The minimum absolute atomic E-state index is 0.00837. The number of hydrogen-bond donors (Lipinski definition) is 3. The van der Waals surface area contributed by atoms with E-state index in [4.69, 9.17) is 9.84 Å². The number of ether oxygens (including phenoxy) is 1. The molecule has 4 aromatic rings. The van der Waals surface area contributed by atoms with Gasteiger partial charge < -0.3 is 20.5 Å². The number of carbonyl (C=O) groups excluding carboxylic acids is 2. The fourth-order valence-corrected chi connectivity index (χ4v) is 4.32. The maximum atomic E-state index is 12.9. The fraction of sp³-hybridized carbons (Fsp3) is 0.182. The molecular weight excluding hydrogens is 504 g/mol. The van der Waals surface area contributed by atoms with Gasteiger partial charge in [-0.2, -0.15) is 0 Å². The number of amides is 2. The lowest BCUT2D eigenvalue weighted by Crippen LogP contribution is -2.47. The van der Waals surface area contributed by atoms with Crippen LogP contribution in [0.3, 0.4) is 0 Å². The highest BCUT2D eigenvalue weighted by atomic mass is 16.5. The van der Waals surface area contributed by atoms with Gasteiger partial charge in [0.2, 0.25) is 5.91 Å². The third kappa shape index (κ3) is 7.80. The van der Waals surface area contributed by atoms with Crippen molar-refractivity contribution in [3.63, 3.8) is 0 Å². The first kappa shape index (κ1) is 28.1. The van der Waals surface area contributed by atoms with Crippen LogP contribution in [0.1, 0.15) is 28.8 Å². The van der Waals surface area contributed by atoms with Crippen molar-refractivity contribution >= 4 is 17.8 Å². The molecule has 0 saturated heterocycles. The van der Waals surface area contributed by atoms with Gasteiger partial charge in [-0.05, 0) is 64.9 Å². The van der Waals surface area contributed by atoms with Gasteiger partial charge in [-0.1, -0.05) is 78.9 Å². The van der Waals surface area contributed by atoms with Crippen molar-refractivity contribution in [1.29, 1.82) is 0 Å². The fourth-order valence-electron chi connectivity index (χ4n) is 4.32. The predicted octanol–water partition coefficient (Wildman–Crippen LogP) is 5.35. The summed E-state index contributed by atoms with van der Waals surface area (Å²) in [7, 11) is 1.63. The Labute approximate surface area is 233 Å². The second-order valence-electron chi connectivity index (χ2n) is 9.37. The molecule has 2 amide bonds. The van der Waals surface area contributed by atoms with E-state index < -0.39 is 23.8 Å². The average molecular weight is 537 g/mol. The van der Waals surface area contributed by atoms with Crippen LogP contribution in [-0.4, -0.2) is 42.6 Å². The molecule has 0 heterocycles. The van der Waals surface area contributed by atoms with Crippen LogP contribution in [-0.2, 0) is 16.0 Å². The van der Waals surface area contributed by atoms with Gasteiger partial charge in [0.1, 0.15) is 11.8 Å². The number of aliphatic carboxylic acids is 1. The quantitative estimate of drug-likeness (QED) is 0.226. The Morgan fingerprint density at radius 2 is 1.30 bits per heavy atom. The van der Waals surface area contributed by atoms with Crippen LogP contribution in [0, 0.1) is 0 Å². The summed E-state index contributed by atoms with van der Waals surface area (Å²) in [6.07, 6.45) is 0.346. The monoisotopic (exact) mass is 536 g/mol. The summed E-state index contributed by atoms with van der Waals surface area (Å²) in [5.41, 5.74) is 5.58. The maximum absolute atomic E-state index is 12.9. The molecule has 1 atom stereocenters. The highest BCUT2D eigenvalue weighted by Gasteiger charge is 2.22. The molecule has 0 aliphatic heterocycles. The van der Waals surface area contributed by atoms with Crippen LogP contribution in [0.4, 0.5) is 0 Å². The topological polar surface area (TPSA) is 105 Å². The Morgan fingerprint density at radius 1 is 0.750 bits per heavy atom. The zero-order chi connectivity index (χ0) is 28.3. The van der Waals surface area contributed by atoms with Crippen molar-refractivity contribution in [3.05, 3.63) is 114 Å². The number of nitrogens with one attached hydrogen (secondary N) is 2. The molecule has 0 spiro atoms. The summed E-state index contributed by atoms with van der Waals surface area (Å²) in [5.74, 6) is -1.07. The molecular formula is C33H32N2O5. The van der Waals surface area contributed by atoms with E-state index >= 15 is 0 Å². The molecule has 0 unspecified atom stereocenters. The number of carbonyl (C=O) groups is 3. The smallest absolute Gasteiger partial charge is 0.303 e. The lowest BCUT2D eigenvalue weighted by Gasteiger charge is -2.18. The van der Waals surface area contributed by atoms with E-state index in [1.807, 2.05) is 91.0 Å². The zero-order valence-corrected chi connectivity index (χ0v) is 22.3. The lowest BCUT2D eigenvalue weighted by molar-refractivity contribution is -0.137. The Balaban J connectivity index is 1.32. The molecule has 0 fully saturated rings. The SMILES string of the molecule is COc1ccc(-c2ccc(CCNC(=O)[C@H](CCC(=O)O)NC(=O)c3ccc(-c4ccccc4)cc3)cc2)cc1. The summed E-state index contributed by atoms with van der Waals surface area (Å²) in [5, 5.41) is 14.7. The van der Waals surface area contributed by atoms with Gasteiger partial charge in [-0.25, -0.2) is 0 Å². The van der Waals surface area contributed by atoms with E-state index in [-0.39, 0.29) is 12.8 Å². The van der Waals surface area contributed by atoms with Gasteiger partial charge in [0.15, 0.2) is 0 Å². The van der Waals surface area contributed by atoms with E-state index in [1.165, 1.54) is 0 Å². The van der Waals surface area contributed by atoms with Crippen LogP contribution in [0.2, 0.25) is 0 Å². The highest BCUT2D eigenvalue weighted by molar-refractivity contribution is 5.98. The minimum atomic E-state index is -1.03. The first-order chi connectivity index (χ1) is 19.4. The molecule has 0 bridgehead atoms. The molecule has 204 valence electrons. The molecule has 0 radical (unpaired) electrons. The van der Waals surface area contributed by atoms with Gasteiger partial charge in [-0.15, -0.1) is 0 Å². The molecule has 4 rings (SSSR count). The summed E-state index contributed by atoms with van der Waals surface area (Å²) in [4.78, 5) is 37.0. The molecule has 0 aromatic heterocycles. The number of hydrogen-bond acceptors (Lipinski definition) is 4. The standard InChI is InChI=1S/C33H32N2O5/c1-40-29-17-15-27(16-18-29)25-9-7-23(8-10-25)21-22-34-33(39)30(19-20-31(36)37)35-32(38)28-13-11-26(12-14-28)24-5-3-2-4-6-24/h2-18,30H,19-22H2,1H3,(H,34,39)(H,35,38)(H,36,37)/t30-/m0/s1. The van der Waals surface area contributed by atoms with E-state index in [9.17, 15) is 14.4 Å². The molecule has 0 aliphatic carbocycles. The third-order valence-corrected chi connectivity index (χ3v) is 6.61. The van der Waals surface area contributed by atoms with E-state index in [2.05, 4.69) is 10.6 Å². The number of methoxy groups -OCH3 is 1. The summed E-state index contributed by atoms with van der Waals surface area (Å²) in [6, 6.07) is 31.8. The number of carboxylic acids is 1. The summed E-state index contributed by atoms with van der Waals surface area (Å²) in [6.45, 7) is 0.353. The Hall–Kier alpha value is -4.91. The molecule has 4 aromatic carbocycles. The number of carboxylic acid groups (broad SMARTS) is 1. The lowest BCUT2D eigenvalue weighted by atomic mass is 10.0. The van der Waals surface area contributed by atoms with Crippen LogP contribution in [0.15, 0.2) is 103 Å². The van der Waals surface area contributed by atoms with Crippen LogP contribution in [0.25, 0.3) is 22.3 Å². The Kier molecular flexibility index (Phi) is 9.67. The van der Waals surface area contributed by atoms with Crippen LogP contribution in [0.5, 0.6) is 5.75 Å². The first-order valence-corrected chi connectivity index (χ1v) is 13.1. The summed E-state index contributed by atoms with van der Waals surface area (Å²) >= 11 is 0. The molecule has 40 heavy (non-hydrogen) atoms.